The minimum absolute atomic E-state index is 0.176. The molecule has 0 aliphatic carbocycles. The highest BCUT2D eigenvalue weighted by molar-refractivity contribution is 5.16. The van der Waals surface area contributed by atoms with Crippen LogP contribution in [0.2, 0.25) is 0 Å². The molecule has 2 rings (SSSR count). The molecule has 0 radical (unpaired) electrons. The number of ether oxygens (including phenoxy) is 2. The summed E-state index contributed by atoms with van der Waals surface area (Å²) in [5, 5.41) is 19.1. The van der Waals surface area contributed by atoms with Crippen molar-refractivity contribution in [3.05, 3.63) is 35.9 Å². The van der Waals surface area contributed by atoms with E-state index in [1.807, 2.05) is 30.3 Å². The Morgan fingerprint density at radius 3 is 2.62 bits per heavy atom. The molecule has 1 fully saturated rings. The van der Waals surface area contributed by atoms with Crippen molar-refractivity contribution in [1.29, 1.82) is 0 Å². The highest BCUT2D eigenvalue weighted by Crippen LogP contribution is 2.27. The number of aliphatic hydroxyl groups excluding tert-OH is 2. The first-order valence-electron chi connectivity index (χ1n) is 5.36. The molecule has 88 valence electrons. The summed E-state index contributed by atoms with van der Waals surface area (Å²) in [5.41, 5.74) is 0.889. The fourth-order valence-corrected chi connectivity index (χ4v) is 1.77. The van der Waals surface area contributed by atoms with Gasteiger partial charge in [-0.25, -0.2) is 0 Å². The maximum absolute atomic E-state index is 9.59. The Labute approximate surface area is 94.4 Å². The molecule has 1 aliphatic heterocycles. The summed E-state index contributed by atoms with van der Waals surface area (Å²) in [6.07, 6.45) is -2.60. The number of benzene rings is 1. The van der Waals surface area contributed by atoms with E-state index in [2.05, 4.69) is 0 Å². The molecule has 1 aromatic rings. The fourth-order valence-electron chi connectivity index (χ4n) is 1.77. The molecule has 1 aromatic carbocycles. The van der Waals surface area contributed by atoms with Gasteiger partial charge in [-0.05, 0) is 6.92 Å². The van der Waals surface area contributed by atoms with Crippen LogP contribution < -0.4 is 0 Å². The lowest BCUT2D eigenvalue weighted by Crippen LogP contribution is -2.46. The molecule has 4 nitrogen and oxygen atoms in total. The Kier molecular flexibility index (Phi) is 3.56. The minimum Gasteiger partial charge on any atom is -0.391 e. The number of rotatable bonds is 2. The van der Waals surface area contributed by atoms with E-state index in [0.29, 0.717) is 0 Å². The number of hydrogen-bond acceptors (Lipinski definition) is 4. The molecule has 16 heavy (non-hydrogen) atoms. The van der Waals surface area contributed by atoms with E-state index in [4.69, 9.17) is 9.47 Å². The van der Waals surface area contributed by atoms with E-state index < -0.39 is 24.6 Å². The van der Waals surface area contributed by atoms with Crippen molar-refractivity contribution in [2.45, 2.75) is 31.5 Å². The Hall–Kier alpha value is -0.940. The largest absolute Gasteiger partial charge is 0.391 e. The molecule has 0 aromatic heterocycles. The fraction of sp³-hybridized carbons (Fsp3) is 0.500. The van der Waals surface area contributed by atoms with Gasteiger partial charge in [0.25, 0.3) is 0 Å². The summed E-state index contributed by atoms with van der Waals surface area (Å²) in [4.78, 5) is 0. The lowest BCUT2D eigenvalue weighted by Gasteiger charge is -2.35. The van der Waals surface area contributed by atoms with Crippen LogP contribution in [0.1, 0.15) is 18.8 Å². The molecule has 0 amide bonds. The van der Waals surface area contributed by atoms with Crippen molar-refractivity contribution in [3.63, 3.8) is 0 Å². The minimum atomic E-state index is -0.778. The first-order valence-corrected chi connectivity index (χ1v) is 5.36. The Balaban J connectivity index is 2.09. The topological polar surface area (TPSA) is 58.9 Å². The zero-order valence-electron chi connectivity index (χ0n) is 9.11. The van der Waals surface area contributed by atoms with Crippen LogP contribution in [0, 0.1) is 0 Å². The molecule has 4 atom stereocenters. The van der Waals surface area contributed by atoms with Gasteiger partial charge in [0.2, 0.25) is 0 Å². The molecule has 0 saturated carbocycles. The Morgan fingerprint density at radius 1 is 1.31 bits per heavy atom. The first kappa shape index (κ1) is 11.5. The molecule has 0 bridgehead atoms. The zero-order valence-corrected chi connectivity index (χ0v) is 9.11. The van der Waals surface area contributed by atoms with Gasteiger partial charge in [-0.3, -0.25) is 0 Å². The summed E-state index contributed by atoms with van der Waals surface area (Å²) < 4.78 is 10.9. The van der Waals surface area contributed by atoms with Crippen molar-refractivity contribution < 1.29 is 19.7 Å². The summed E-state index contributed by atoms with van der Waals surface area (Å²) in [5.74, 6) is 0. The lowest BCUT2D eigenvalue weighted by molar-refractivity contribution is -0.273. The predicted molar refractivity (Wildman–Crippen MR) is 57.7 cm³/mol. The van der Waals surface area contributed by atoms with Gasteiger partial charge in [0.05, 0.1) is 12.7 Å². The van der Waals surface area contributed by atoms with Gasteiger partial charge in [0, 0.05) is 5.56 Å². The molecule has 1 heterocycles. The summed E-state index contributed by atoms with van der Waals surface area (Å²) in [6, 6.07) is 9.48. The normalized spacial score (nSPS) is 32.3. The van der Waals surface area contributed by atoms with Gasteiger partial charge in [0.1, 0.15) is 12.2 Å². The lowest BCUT2D eigenvalue weighted by atomic mass is 10.1. The van der Waals surface area contributed by atoms with Crippen LogP contribution in [0.4, 0.5) is 0 Å². The van der Waals surface area contributed by atoms with Gasteiger partial charge in [-0.1, -0.05) is 30.3 Å². The SMILES string of the molecule is C[C@@H](O)[C@@H]1OC(c2ccccc2)OCC1O. The van der Waals surface area contributed by atoms with Gasteiger partial charge >= 0.3 is 0 Å². The van der Waals surface area contributed by atoms with E-state index in [-0.39, 0.29) is 6.61 Å². The molecule has 2 N–H and O–H groups in total. The van der Waals surface area contributed by atoms with Crippen LogP contribution in [-0.2, 0) is 9.47 Å². The predicted octanol–water partition coefficient (Wildman–Crippen LogP) is 0.842. The van der Waals surface area contributed by atoms with E-state index >= 15 is 0 Å². The van der Waals surface area contributed by atoms with Crippen molar-refractivity contribution in [2.75, 3.05) is 6.61 Å². The monoisotopic (exact) mass is 224 g/mol. The molecule has 2 unspecified atom stereocenters. The zero-order chi connectivity index (χ0) is 11.5. The third-order valence-electron chi connectivity index (χ3n) is 2.63. The Morgan fingerprint density at radius 2 is 2.00 bits per heavy atom. The van der Waals surface area contributed by atoms with E-state index in [0.717, 1.165) is 5.56 Å². The average molecular weight is 224 g/mol. The third-order valence-corrected chi connectivity index (χ3v) is 2.63. The highest BCUT2D eigenvalue weighted by atomic mass is 16.7. The summed E-state index contributed by atoms with van der Waals surface area (Å²) in [7, 11) is 0. The standard InChI is InChI=1S/C12H16O4/c1-8(13)11-10(14)7-15-12(16-11)9-5-3-2-4-6-9/h2-6,8,10-14H,7H2,1H3/t8-,10?,11+,12?/m1/s1. The molecule has 1 saturated heterocycles. The molecule has 4 heteroatoms. The summed E-state index contributed by atoms with van der Waals surface area (Å²) >= 11 is 0. The van der Waals surface area contributed by atoms with E-state index in [1.54, 1.807) is 6.92 Å². The highest BCUT2D eigenvalue weighted by Gasteiger charge is 2.34. The van der Waals surface area contributed by atoms with Crippen LogP contribution in [0.5, 0.6) is 0 Å². The van der Waals surface area contributed by atoms with Crippen LogP contribution in [0.3, 0.4) is 0 Å². The smallest absolute Gasteiger partial charge is 0.184 e. The number of hydrogen-bond donors (Lipinski definition) is 2. The second-order valence-corrected chi connectivity index (χ2v) is 3.98. The van der Waals surface area contributed by atoms with Crippen molar-refractivity contribution in [2.24, 2.45) is 0 Å². The second kappa shape index (κ2) is 4.93. The maximum atomic E-state index is 9.59. The van der Waals surface area contributed by atoms with E-state index in [1.165, 1.54) is 0 Å². The van der Waals surface area contributed by atoms with E-state index in [9.17, 15) is 10.2 Å². The van der Waals surface area contributed by atoms with Gasteiger partial charge in [-0.2, -0.15) is 0 Å². The van der Waals surface area contributed by atoms with Crippen molar-refractivity contribution in [1.82, 2.24) is 0 Å². The maximum Gasteiger partial charge on any atom is 0.184 e. The Bertz CT molecular complexity index is 325. The second-order valence-electron chi connectivity index (χ2n) is 3.98. The van der Waals surface area contributed by atoms with Crippen LogP contribution in [-0.4, -0.2) is 35.1 Å². The van der Waals surface area contributed by atoms with Crippen molar-refractivity contribution in [3.8, 4) is 0 Å². The molecular formula is C12H16O4. The quantitative estimate of drug-likeness (QED) is 0.781. The number of aliphatic hydroxyl groups is 2. The molecule has 1 aliphatic rings. The van der Waals surface area contributed by atoms with Gasteiger partial charge < -0.3 is 19.7 Å². The van der Waals surface area contributed by atoms with Gasteiger partial charge in [0.15, 0.2) is 6.29 Å². The van der Waals surface area contributed by atoms with Crippen LogP contribution in [0.25, 0.3) is 0 Å². The summed E-state index contributed by atoms with van der Waals surface area (Å²) in [6.45, 7) is 1.77. The van der Waals surface area contributed by atoms with Gasteiger partial charge in [-0.15, -0.1) is 0 Å². The third kappa shape index (κ3) is 2.41. The van der Waals surface area contributed by atoms with Crippen LogP contribution in [0.15, 0.2) is 30.3 Å². The van der Waals surface area contributed by atoms with Crippen LogP contribution >= 0.6 is 0 Å². The van der Waals surface area contributed by atoms with Crippen molar-refractivity contribution >= 4 is 0 Å². The first-order chi connectivity index (χ1) is 7.68. The average Bonchev–Trinajstić information content (AvgIpc) is 2.30. The molecule has 0 spiro atoms. The molecular weight excluding hydrogens is 208 g/mol.